The Labute approximate surface area is 175 Å². The highest BCUT2D eigenvalue weighted by molar-refractivity contribution is 5.79. The molecule has 3 aliphatic rings. The number of aromatic nitrogens is 2. The summed E-state index contributed by atoms with van der Waals surface area (Å²) in [6, 6.07) is 5.04. The molecule has 7 heteroatoms. The van der Waals surface area contributed by atoms with E-state index in [0.29, 0.717) is 36.2 Å². The average Bonchev–Trinajstić information content (AvgIpc) is 3.41. The number of nitrogens with zero attached hydrogens (tertiary/aromatic N) is 3. The molecule has 164 valence electrons. The summed E-state index contributed by atoms with van der Waals surface area (Å²) in [7, 11) is 0. The van der Waals surface area contributed by atoms with Crippen LogP contribution < -0.4 is 0 Å². The molecule has 3 heterocycles. The van der Waals surface area contributed by atoms with Crippen molar-refractivity contribution in [3.63, 3.8) is 0 Å². The molecule has 3 fully saturated rings. The second-order valence-corrected chi connectivity index (χ2v) is 9.66. The van der Waals surface area contributed by atoms with E-state index in [9.17, 15) is 13.2 Å². The van der Waals surface area contributed by atoms with Crippen LogP contribution >= 0.6 is 0 Å². The maximum atomic E-state index is 13.1. The molecule has 1 aromatic heterocycles. The van der Waals surface area contributed by atoms with Gasteiger partial charge in [0.25, 0.3) is 0 Å². The molecule has 0 spiro atoms. The minimum Gasteiger partial charge on any atom is -0.378 e. The van der Waals surface area contributed by atoms with Crippen molar-refractivity contribution in [2.24, 2.45) is 11.8 Å². The molecule has 0 amide bonds. The fourth-order valence-electron chi connectivity index (χ4n) is 5.32. The highest BCUT2D eigenvalue weighted by Crippen LogP contribution is 2.39. The van der Waals surface area contributed by atoms with Gasteiger partial charge in [-0.3, -0.25) is 9.58 Å². The molecule has 2 saturated heterocycles. The van der Waals surface area contributed by atoms with Gasteiger partial charge in [-0.15, -0.1) is 0 Å². The number of piperidine rings is 1. The second-order valence-electron chi connectivity index (χ2n) is 9.66. The lowest BCUT2D eigenvalue weighted by atomic mass is 9.98. The SMILES string of the molecule is C[C@H](CN1[C@H]2CC[C@H]1CC(OCC1CC1)C2)Cn1ncc2ccc(C(F)(F)F)cc21. The highest BCUT2D eigenvalue weighted by Gasteiger charge is 2.41. The maximum absolute atomic E-state index is 13.1. The molecular formula is C23H30F3N3O. The second kappa shape index (κ2) is 7.83. The maximum Gasteiger partial charge on any atom is 0.416 e. The van der Waals surface area contributed by atoms with Crippen LogP contribution in [0.1, 0.15) is 51.0 Å². The van der Waals surface area contributed by atoms with Gasteiger partial charge in [-0.2, -0.15) is 18.3 Å². The summed E-state index contributed by atoms with van der Waals surface area (Å²) >= 11 is 0. The van der Waals surface area contributed by atoms with Crippen LogP contribution in [-0.4, -0.2) is 46.0 Å². The van der Waals surface area contributed by atoms with E-state index >= 15 is 0 Å². The van der Waals surface area contributed by atoms with E-state index in [1.165, 1.54) is 37.8 Å². The lowest BCUT2D eigenvalue weighted by molar-refractivity contribution is -0.137. The molecule has 0 radical (unpaired) electrons. The number of halogens is 3. The smallest absolute Gasteiger partial charge is 0.378 e. The molecule has 0 unspecified atom stereocenters. The molecule has 1 saturated carbocycles. The van der Waals surface area contributed by atoms with Gasteiger partial charge in [-0.05, 0) is 62.5 Å². The number of hydrogen-bond acceptors (Lipinski definition) is 3. The summed E-state index contributed by atoms with van der Waals surface area (Å²) in [5, 5.41) is 5.13. The van der Waals surface area contributed by atoms with Crippen molar-refractivity contribution in [2.45, 2.75) is 76.4 Å². The topological polar surface area (TPSA) is 30.3 Å². The van der Waals surface area contributed by atoms with E-state index in [4.69, 9.17) is 4.74 Å². The number of fused-ring (bicyclic) bond motifs is 3. The Bertz CT molecular complexity index is 877. The summed E-state index contributed by atoms with van der Waals surface area (Å²) < 4.78 is 47.2. The van der Waals surface area contributed by atoms with Gasteiger partial charge in [0.05, 0.1) is 23.4 Å². The summed E-state index contributed by atoms with van der Waals surface area (Å²) in [4.78, 5) is 2.63. The standard InChI is InChI=1S/C23H30F3N3O/c1-15(13-29-22-8-18(23(24,25)26)5-4-17(22)11-27-29)12-28-19-6-7-20(28)10-21(9-19)30-14-16-2-3-16/h4-5,8,11,15-16,19-21H,2-3,6-7,9-10,12-14H2,1H3/t15-,19+,20+/m1/s1. The number of rotatable bonds is 7. The van der Waals surface area contributed by atoms with Crippen LogP contribution in [0, 0.1) is 11.8 Å². The zero-order valence-corrected chi connectivity index (χ0v) is 17.4. The van der Waals surface area contributed by atoms with E-state index in [2.05, 4.69) is 16.9 Å². The molecule has 30 heavy (non-hydrogen) atoms. The van der Waals surface area contributed by atoms with Crippen LogP contribution in [0.2, 0.25) is 0 Å². The van der Waals surface area contributed by atoms with E-state index in [0.717, 1.165) is 43.4 Å². The minimum atomic E-state index is -4.33. The number of hydrogen-bond donors (Lipinski definition) is 0. The van der Waals surface area contributed by atoms with Crippen LogP contribution in [0.15, 0.2) is 24.4 Å². The van der Waals surface area contributed by atoms with Gasteiger partial charge in [0.15, 0.2) is 0 Å². The molecule has 2 aromatic rings. The number of alkyl halides is 3. The molecule has 3 atom stereocenters. The van der Waals surface area contributed by atoms with Crippen molar-refractivity contribution in [3.8, 4) is 0 Å². The molecule has 5 rings (SSSR count). The Morgan fingerprint density at radius 3 is 2.50 bits per heavy atom. The number of ether oxygens (including phenoxy) is 1. The molecule has 2 bridgehead atoms. The molecule has 1 aromatic carbocycles. The molecule has 4 nitrogen and oxygen atoms in total. The van der Waals surface area contributed by atoms with E-state index in [1.54, 1.807) is 10.9 Å². The Morgan fingerprint density at radius 2 is 1.83 bits per heavy atom. The first-order valence-electron chi connectivity index (χ1n) is 11.3. The van der Waals surface area contributed by atoms with Crippen LogP contribution in [-0.2, 0) is 17.5 Å². The van der Waals surface area contributed by atoms with Crippen LogP contribution in [0.4, 0.5) is 13.2 Å². The van der Waals surface area contributed by atoms with Crippen molar-refractivity contribution in [2.75, 3.05) is 13.2 Å². The Balaban J connectivity index is 1.22. The summed E-state index contributed by atoms with van der Waals surface area (Å²) in [6.45, 7) is 4.70. The van der Waals surface area contributed by atoms with Crippen molar-refractivity contribution in [3.05, 3.63) is 30.0 Å². The third-order valence-corrected chi connectivity index (χ3v) is 7.08. The zero-order valence-electron chi connectivity index (χ0n) is 17.4. The van der Waals surface area contributed by atoms with Gasteiger partial charge in [-0.1, -0.05) is 13.0 Å². The van der Waals surface area contributed by atoms with Crippen LogP contribution in [0.5, 0.6) is 0 Å². The first-order chi connectivity index (χ1) is 14.4. The molecular weight excluding hydrogens is 391 g/mol. The Kier molecular flexibility index (Phi) is 5.30. The van der Waals surface area contributed by atoms with Crippen molar-refractivity contribution in [1.29, 1.82) is 0 Å². The lowest BCUT2D eigenvalue weighted by Gasteiger charge is -2.40. The lowest BCUT2D eigenvalue weighted by Crippen LogP contribution is -2.47. The Morgan fingerprint density at radius 1 is 1.10 bits per heavy atom. The minimum absolute atomic E-state index is 0.315. The number of benzene rings is 1. The summed E-state index contributed by atoms with van der Waals surface area (Å²) in [5.41, 5.74) is -0.0532. The molecule has 0 N–H and O–H groups in total. The summed E-state index contributed by atoms with van der Waals surface area (Å²) in [5.74, 6) is 1.12. The first kappa shape index (κ1) is 20.3. The first-order valence-corrected chi connectivity index (χ1v) is 11.3. The third-order valence-electron chi connectivity index (χ3n) is 7.08. The van der Waals surface area contributed by atoms with Crippen molar-refractivity contribution in [1.82, 2.24) is 14.7 Å². The van der Waals surface area contributed by atoms with Gasteiger partial charge in [-0.25, -0.2) is 0 Å². The van der Waals surface area contributed by atoms with Gasteiger partial charge in [0.1, 0.15) is 0 Å². The molecule has 2 aliphatic heterocycles. The normalized spacial score (nSPS) is 28.3. The van der Waals surface area contributed by atoms with Gasteiger partial charge >= 0.3 is 6.18 Å². The Hall–Kier alpha value is -1.60. The average molecular weight is 422 g/mol. The fourth-order valence-corrected chi connectivity index (χ4v) is 5.32. The van der Waals surface area contributed by atoms with Crippen LogP contribution in [0.25, 0.3) is 10.9 Å². The monoisotopic (exact) mass is 421 g/mol. The van der Waals surface area contributed by atoms with Gasteiger partial charge < -0.3 is 4.74 Å². The quantitative estimate of drug-likeness (QED) is 0.622. The predicted octanol–water partition coefficient (Wildman–Crippen LogP) is 5.11. The zero-order chi connectivity index (χ0) is 20.9. The van der Waals surface area contributed by atoms with Crippen molar-refractivity contribution >= 4 is 10.9 Å². The molecule has 1 aliphatic carbocycles. The fraction of sp³-hybridized carbons (Fsp3) is 0.696. The van der Waals surface area contributed by atoms with E-state index in [-0.39, 0.29) is 0 Å². The van der Waals surface area contributed by atoms with Gasteiger partial charge in [0, 0.05) is 37.2 Å². The van der Waals surface area contributed by atoms with Crippen LogP contribution in [0.3, 0.4) is 0 Å². The van der Waals surface area contributed by atoms with Gasteiger partial charge in [0.2, 0.25) is 0 Å². The third kappa shape index (κ3) is 4.24. The van der Waals surface area contributed by atoms with E-state index < -0.39 is 11.7 Å². The summed E-state index contributed by atoms with van der Waals surface area (Å²) in [6.07, 6.45) is 5.11. The highest BCUT2D eigenvalue weighted by atomic mass is 19.4. The van der Waals surface area contributed by atoms with Crippen molar-refractivity contribution < 1.29 is 17.9 Å². The van der Waals surface area contributed by atoms with E-state index in [1.807, 2.05) is 0 Å². The predicted molar refractivity (Wildman–Crippen MR) is 109 cm³/mol. The largest absolute Gasteiger partial charge is 0.416 e.